The van der Waals surface area contributed by atoms with E-state index in [-0.39, 0.29) is 5.92 Å². The van der Waals surface area contributed by atoms with Crippen molar-refractivity contribution in [3.63, 3.8) is 0 Å². The van der Waals surface area contributed by atoms with Crippen LogP contribution in [0.3, 0.4) is 0 Å². The van der Waals surface area contributed by atoms with E-state index in [1.54, 1.807) is 0 Å². The van der Waals surface area contributed by atoms with Crippen molar-refractivity contribution in [2.24, 2.45) is 11.3 Å². The number of hydrogen-bond acceptors (Lipinski definition) is 5. The Kier molecular flexibility index (Phi) is 4.30. The van der Waals surface area contributed by atoms with Crippen molar-refractivity contribution in [2.75, 3.05) is 44.2 Å². The number of aromatic nitrogens is 3. The first kappa shape index (κ1) is 17.9. The Hall–Kier alpha value is -2.15. The molecular weight excluding hydrogens is 352 g/mol. The summed E-state index contributed by atoms with van der Waals surface area (Å²) in [7, 11) is 0. The second-order valence-corrected chi connectivity index (χ2v) is 9.30. The number of anilines is 1. The predicted octanol–water partition coefficient (Wildman–Crippen LogP) is 1.50. The predicted molar refractivity (Wildman–Crippen MR) is 109 cm³/mol. The molecule has 2 aromatic heterocycles. The first-order valence-corrected chi connectivity index (χ1v) is 10.6. The third-order valence-electron chi connectivity index (χ3n) is 6.74. The molecule has 150 valence electrons. The lowest BCUT2D eigenvalue weighted by atomic mass is 9.82. The Morgan fingerprint density at radius 1 is 1.18 bits per heavy atom. The minimum absolute atomic E-state index is 0.111. The van der Waals surface area contributed by atoms with E-state index in [4.69, 9.17) is 4.98 Å². The van der Waals surface area contributed by atoms with Gasteiger partial charge >= 0.3 is 0 Å². The summed E-state index contributed by atoms with van der Waals surface area (Å²) in [4.78, 5) is 22.2. The van der Waals surface area contributed by atoms with Crippen LogP contribution in [-0.4, -0.2) is 64.7 Å². The zero-order chi connectivity index (χ0) is 19.3. The summed E-state index contributed by atoms with van der Waals surface area (Å²) in [6, 6.07) is 1.97. The molecule has 1 amide bonds. The number of likely N-dealkylation sites (tertiary alicyclic amines) is 1. The summed E-state index contributed by atoms with van der Waals surface area (Å²) in [6.07, 6.45) is 5.94. The molecule has 2 saturated heterocycles. The fraction of sp³-hybridized carbons (Fsp3) is 0.667. The summed E-state index contributed by atoms with van der Waals surface area (Å²) < 4.78 is 1.97. The van der Waals surface area contributed by atoms with Crippen LogP contribution < -0.4 is 10.2 Å². The molecule has 0 atom stereocenters. The van der Waals surface area contributed by atoms with E-state index in [1.807, 2.05) is 16.8 Å². The van der Waals surface area contributed by atoms with Gasteiger partial charge in [0.1, 0.15) is 5.82 Å². The fourth-order valence-corrected chi connectivity index (χ4v) is 4.74. The van der Waals surface area contributed by atoms with E-state index in [9.17, 15) is 4.79 Å². The minimum atomic E-state index is 0.111. The third kappa shape index (κ3) is 3.05. The van der Waals surface area contributed by atoms with Gasteiger partial charge in [0.2, 0.25) is 5.91 Å². The van der Waals surface area contributed by atoms with E-state index in [2.05, 4.69) is 34.1 Å². The van der Waals surface area contributed by atoms with Crippen LogP contribution in [0, 0.1) is 11.3 Å². The Labute approximate surface area is 166 Å². The molecule has 0 spiro atoms. The number of carbonyl (C=O) groups is 1. The molecule has 0 radical (unpaired) electrons. The largest absolute Gasteiger partial charge is 0.354 e. The molecule has 7 heteroatoms. The molecule has 0 aromatic carbocycles. The molecular formula is C21H30N6O. The van der Waals surface area contributed by atoms with Gasteiger partial charge in [0.25, 0.3) is 0 Å². The maximum absolute atomic E-state index is 13.0. The van der Waals surface area contributed by atoms with E-state index >= 15 is 0 Å². The molecule has 5 heterocycles. The average molecular weight is 383 g/mol. The van der Waals surface area contributed by atoms with Crippen LogP contribution in [0.1, 0.15) is 37.9 Å². The van der Waals surface area contributed by atoms with Crippen LogP contribution in [-0.2, 0) is 17.6 Å². The summed E-state index contributed by atoms with van der Waals surface area (Å²) in [6.45, 7) is 9.93. The lowest BCUT2D eigenvalue weighted by molar-refractivity contribution is -0.138. The Bertz CT molecular complexity index is 888. The first-order valence-electron chi connectivity index (χ1n) is 10.6. The van der Waals surface area contributed by atoms with Crippen LogP contribution in [0.5, 0.6) is 0 Å². The van der Waals surface area contributed by atoms with Crippen molar-refractivity contribution < 1.29 is 4.79 Å². The molecule has 1 N–H and O–H groups in total. The number of rotatable bonds is 2. The standard InChI is InChI=1S/C21H30N6O/c1-21(2)6-11-25(12-7-21)20(28)15-13-26(14-15)19-16-3-8-22-9-4-17(16)24-18-5-10-23-27(18)19/h5,10,15,22H,3-4,6-9,11-14H2,1-2H3. The number of fused-ring (bicyclic) bond motifs is 2. The first-order chi connectivity index (χ1) is 13.5. The van der Waals surface area contributed by atoms with Gasteiger partial charge in [0.05, 0.1) is 17.8 Å². The Morgan fingerprint density at radius 3 is 2.71 bits per heavy atom. The van der Waals surface area contributed by atoms with Crippen molar-refractivity contribution in [1.82, 2.24) is 24.8 Å². The molecule has 0 saturated carbocycles. The highest BCUT2D eigenvalue weighted by atomic mass is 16.2. The van der Waals surface area contributed by atoms with E-state index in [0.717, 1.165) is 76.4 Å². The SMILES string of the molecule is CC1(C)CCN(C(=O)C2CN(c3c4c(nc5ccnn35)CCNCC4)C2)CC1. The number of amides is 1. The molecule has 2 aromatic rings. The zero-order valence-corrected chi connectivity index (χ0v) is 16.9. The molecule has 5 rings (SSSR count). The van der Waals surface area contributed by atoms with Crippen molar-refractivity contribution in [3.05, 3.63) is 23.5 Å². The molecule has 28 heavy (non-hydrogen) atoms. The van der Waals surface area contributed by atoms with Crippen LogP contribution in [0.15, 0.2) is 12.3 Å². The maximum atomic E-state index is 13.0. The topological polar surface area (TPSA) is 65.8 Å². The van der Waals surface area contributed by atoms with Gasteiger partial charge in [-0.1, -0.05) is 13.8 Å². The van der Waals surface area contributed by atoms with Gasteiger partial charge < -0.3 is 15.1 Å². The van der Waals surface area contributed by atoms with E-state index < -0.39 is 0 Å². The number of carbonyl (C=O) groups excluding carboxylic acids is 1. The molecule has 3 aliphatic heterocycles. The van der Waals surface area contributed by atoms with E-state index in [1.165, 1.54) is 11.3 Å². The second-order valence-electron chi connectivity index (χ2n) is 9.30. The van der Waals surface area contributed by atoms with Crippen molar-refractivity contribution >= 4 is 17.4 Å². The van der Waals surface area contributed by atoms with Gasteiger partial charge in [-0.25, -0.2) is 4.98 Å². The lowest BCUT2D eigenvalue weighted by Crippen LogP contribution is -2.56. The highest BCUT2D eigenvalue weighted by molar-refractivity contribution is 5.82. The van der Waals surface area contributed by atoms with Gasteiger partial charge in [-0.05, 0) is 31.2 Å². The van der Waals surface area contributed by atoms with Crippen molar-refractivity contribution in [2.45, 2.75) is 39.5 Å². The number of nitrogens with zero attached hydrogens (tertiary/aromatic N) is 5. The summed E-state index contributed by atoms with van der Waals surface area (Å²) in [5.41, 5.74) is 3.76. The fourth-order valence-electron chi connectivity index (χ4n) is 4.74. The molecule has 0 bridgehead atoms. The van der Waals surface area contributed by atoms with Gasteiger partial charge in [0.15, 0.2) is 5.65 Å². The quantitative estimate of drug-likeness (QED) is 0.853. The highest BCUT2D eigenvalue weighted by Crippen LogP contribution is 2.34. The van der Waals surface area contributed by atoms with E-state index in [0.29, 0.717) is 11.3 Å². The van der Waals surface area contributed by atoms with Gasteiger partial charge in [0, 0.05) is 50.8 Å². The summed E-state index contributed by atoms with van der Waals surface area (Å²) >= 11 is 0. The van der Waals surface area contributed by atoms with Crippen molar-refractivity contribution in [3.8, 4) is 0 Å². The van der Waals surface area contributed by atoms with Gasteiger partial charge in [-0.2, -0.15) is 9.61 Å². The number of hydrogen-bond donors (Lipinski definition) is 1. The average Bonchev–Trinajstić information content (AvgIpc) is 2.96. The van der Waals surface area contributed by atoms with Crippen molar-refractivity contribution in [1.29, 1.82) is 0 Å². The molecule has 3 aliphatic rings. The summed E-state index contributed by atoms with van der Waals surface area (Å²) in [5, 5.41) is 8.00. The second kappa shape index (κ2) is 6.72. The normalized spacial score (nSPS) is 22.6. The Morgan fingerprint density at radius 2 is 1.93 bits per heavy atom. The third-order valence-corrected chi connectivity index (χ3v) is 6.74. The summed E-state index contributed by atoms with van der Waals surface area (Å²) in [5.74, 6) is 1.60. The van der Waals surface area contributed by atoms with Crippen LogP contribution >= 0.6 is 0 Å². The Balaban J connectivity index is 1.35. The number of piperidine rings is 1. The monoisotopic (exact) mass is 382 g/mol. The highest BCUT2D eigenvalue weighted by Gasteiger charge is 2.39. The lowest BCUT2D eigenvalue weighted by Gasteiger charge is -2.45. The van der Waals surface area contributed by atoms with Crippen LogP contribution in [0.25, 0.3) is 5.65 Å². The van der Waals surface area contributed by atoms with Gasteiger partial charge in [-0.15, -0.1) is 0 Å². The van der Waals surface area contributed by atoms with Crippen LogP contribution in [0.2, 0.25) is 0 Å². The van der Waals surface area contributed by atoms with Crippen LogP contribution in [0.4, 0.5) is 5.82 Å². The molecule has 2 fully saturated rings. The molecule has 0 unspecified atom stereocenters. The number of nitrogens with one attached hydrogen (secondary N) is 1. The molecule has 0 aliphatic carbocycles. The minimum Gasteiger partial charge on any atom is -0.354 e. The smallest absolute Gasteiger partial charge is 0.229 e. The van der Waals surface area contributed by atoms with Gasteiger partial charge in [-0.3, -0.25) is 4.79 Å². The maximum Gasteiger partial charge on any atom is 0.229 e. The molecule has 7 nitrogen and oxygen atoms in total. The zero-order valence-electron chi connectivity index (χ0n) is 16.9.